The number of aromatic nitrogens is 4. The first kappa shape index (κ1) is 14.1. The van der Waals surface area contributed by atoms with Crippen LogP contribution in [-0.2, 0) is 17.8 Å². The number of hydrogen-bond donors (Lipinski definition) is 1. The van der Waals surface area contributed by atoms with Crippen molar-refractivity contribution in [1.29, 1.82) is 0 Å². The van der Waals surface area contributed by atoms with Gasteiger partial charge in [0, 0.05) is 12.4 Å². The van der Waals surface area contributed by atoms with Crippen LogP contribution in [0.1, 0.15) is 35.8 Å². The van der Waals surface area contributed by atoms with Crippen LogP contribution in [0.4, 0.5) is 0 Å². The van der Waals surface area contributed by atoms with Gasteiger partial charge in [-0.2, -0.15) is 5.10 Å². The Balaban J connectivity index is 1.43. The lowest BCUT2D eigenvalue weighted by molar-refractivity contribution is 0.0253. The lowest BCUT2D eigenvalue weighted by atomic mass is 9.96. The highest BCUT2D eigenvalue weighted by atomic mass is 16.5. The largest absolute Gasteiger partial charge is 0.367 e. The number of aryl methyl sites for hydroxylation is 1. The molecule has 0 saturated heterocycles. The van der Waals surface area contributed by atoms with E-state index in [1.807, 2.05) is 42.7 Å². The number of nitrogens with zero attached hydrogens (tertiary/aromatic N) is 3. The topological polar surface area (TPSA) is 63.7 Å². The van der Waals surface area contributed by atoms with E-state index < -0.39 is 0 Å². The van der Waals surface area contributed by atoms with Crippen LogP contribution >= 0.6 is 0 Å². The predicted molar refractivity (Wildman–Crippen MR) is 86.5 cm³/mol. The molecule has 0 amide bonds. The van der Waals surface area contributed by atoms with Crippen molar-refractivity contribution in [2.24, 2.45) is 0 Å². The molecule has 0 aromatic carbocycles. The van der Waals surface area contributed by atoms with Gasteiger partial charge >= 0.3 is 0 Å². The average molecular weight is 306 g/mol. The number of rotatable bonds is 4. The van der Waals surface area contributed by atoms with Gasteiger partial charge in [-0.25, -0.2) is 0 Å². The van der Waals surface area contributed by atoms with E-state index in [0.29, 0.717) is 6.61 Å². The van der Waals surface area contributed by atoms with Gasteiger partial charge in [0.2, 0.25) is 0 Å². The molecular formula is C18H18N4O. The van der Waals surface area contributed by atoms with Gasteiger partial charge in [0.1, 0.15) is 0 Å². The number of pyridine rings is 2. The molecule has 0 aliphatic heterocycles. The van der Waals surface area contributed by atoms with Crippen molar-refractivity contribution in [1.82, 2.24) is 20.2 Å². The maximum atomic E-state index is 6.07. The van der Waals surface area contributed by atoms with E-state index in [2.05, 4.69) is 20.2 Å². The molecule has 5 heteroatoms. The number of nitrogens with one attached hydrogen (secondary N) is 1. The summed E-state index contributed by atoms with van der Waals surface area (Å²) in [5.74, 6) is 0. The van der Waals surface area contributed by atoms with Crippen molar-refractivity contribution in [2.75, 3.05) is 0 Å². The molecule has 116 valence electrons. The van der Waals surface area contributed by atoms with Crippen LogP contribution < -0.4 is 0 Å². The Hall–Kier alpha value is -2.53. The molecule has 1 atom stereocenters. The summed E-state index contributed by atoms with van der Waals surface area (Å²) in [5.41, 5.74) is 5.24. The third-order valence-electron chi connectivity index (χ3n) is 4.19. The van der Waals surface area contributed by atoms with Crippen molar-refractivity contribution in [3.63, 3.8) is 0 Å². The third-order valence-corrected chi connectivity index (χ3v) is 4.19. The molecule has 3 heterocycles. The summed E-state index contributed by atoms with van der Waals surface area (Å²) >= 11 is 0. The minimum atomic E-state index is 0.108. The molecule has 4 rings (SSSR count). The highest BCUT2D eigenvalue weighted by Gasteiger charge is 2.22. The molecule has 0 bridgehead atoms. The number of aromatic amines is 1. The number of H-pyrrole nitrogens is 1. The summed E-state index contributed by atoms with van der Waals surface area (Å²) in [5, 5.41) is 7.21. The standard InChI is InChI=1S/C18H18N4O/c1-2-9-19-15(5-1)16-8-7-13(10-20-16)12-23-17-6-3-4-14-11-21-22-18(14)17/h1-2,5,7-11,17H,3-4,6,12H2,(H,21,22). The zero-order valence-electron chi connectivity index (χ0n) is 12.8. The Kier molecular flexibility index (Phi) is 3.86. The van der Waals surface area contributed by atoms with Gasteiger partial charge in [-0.05, 0) is 48.6 Å². The average Bonchev–Trinajstić information content (AvgIpc) is 3.10. The highest BCUT2D eigenvalue weighted by Crippen LogP contribution is 2.31. The van der Waals surface area contributed by atoms with Crippen LogP contribution in [0.3, 0.4) is 0 Å². The Morgan fingerprint density at radius 2 is 2.04 bits per heavy atom. The van der Waals surface area contributed by atoms with E-state index in [1.54, 1.807) is 6.20 Å². The minimum Gasteiger partial charge on any atom is -0.367 e. The molecule has 0 fully saturated rings. The second-order valence-electron chi connectivity index (χ2n) is 5.77. The van der Waals surface area contributed by atoms with Gasteiger partial charge < -0.3 is 4.74 Å². The minimum absolute atomic E-state index is 0.108. The molecule has 1 aliphatic carbocycles. The van der Waals surface area contributed by atoms with Crippen molar-refractivity contribution in [2.45, 2.75) is 32.0 Å². The lowest BCUT2D eigenvalue weighted by Crippen LogP contribution is -2.12. The molecule has 0 radical (unpaired) electrons. The number of ether oxygens (including phenoxy) is 1. The molecule has 3 aromatic rings. The van der Waals surface area contributed by atoms with Gasteiger partial charge in [0.05, 0.1) is 36.0 Å². The summed E-state index contributed by atoms with van der Waals surface area (Å²) in [6, 6.07) is 9.86. The SMILES string of the molecule is c1ccc(-c2ccc(COC3CCCc4cn[nH]c43)cn2)nc1. The normalized spacial score (nSPS) is 17.0. The summed E-state index contributed by atoms with van der Waals surface area (Å²) in [6.45, 7) is 0.554. The van der Waals surface area contributed by atoms with Crippen LogP contribution in [0, 0.1) is 0 Å². The molecule has 1 aliphatic rings. The summed E-state index contributed by atoms with van der Waals surface area (Å²) in [7, 11) is 0. The van der Waals surface area contributed by atoms with Crippen LogP contribution in [-0.4, -0.2) is 20.2 Å². The van der Waals surface area contributed by atoms with Crippen LogP contribution in [0.25, 0.3) is 11.4 Å². The highest BCUT2D eigenvalue weighted by molar-refractivity contribution is 5.53. The maximum Gasteiger partial charge on any atom is 0.0996 e. The smallest absolute Gasteiger partial charge is 0.0996 e. The number of hydrogen-bond acceptors (Lipinski definition) is 4. The molecule has 1 N–H and O–H groups in total. The lowest BCUT2D eigenvalue weighted by Gasteiger charge is -2.22. The fourth-order valence-corrected chi connectivity index (χ4v) is 2.96. The first-order valence-corrected chi connectivity index (χ1v) is 7.90. The van der Waals surface area contributed by atoms with Crippen LogP contribution in [0.2, 0.25) is 0 Å². The van der Waals surface area contributed by atoms with Crippen molar-refractivity contribution in [3.8, 4) is 11.4 Å². The zero-order chi connectivity index (χ0) is 15.5. The van der Waals surface area contributed by atoms with Crippen molar-refractivity contribution in [3.05, 3.63) is 65.7 Å². The number of fused-ring (bicyclic) bond motifs is 1. The van der Waals surface area contributed by atoms with Crippen molar-refractivity contribution >= 4 is 0 Å². The second kappa shape index (κ2) is 6.30. The van der Waals surface area contributed by atoms with Crippen LogP contribution in [0.5, 0.6) is 0 Å². The fraction of sp³-hybridized carbons (Fsp3) is 0.278. The molecule has 0 saturated carbocycles. The predicted octanol–water partition coefficient (Wildman–Crippen LogP) is 3.46. The molecule has 5 nitrogen and oxygen atoms in total. The van der Waals surface area contributed by atoms with E-state index in [4.69, 9.17) is 4.74 Å². The van der Waals surface area contributed by atoms with E-state index in [1.165, 1.54) is 5.56 Å². The Morgan fingerprint density at radius 3 is 2.87 bits per heavy atom. The third kappa shape index (κ3) is 3.00. The van der Waals surface area contributed by atoms with Gasteiger partial charge in [-0.15, -0.1) is 0 Å². The molecule has 1 unspecified atom stereocenters. The van der Waals surface area contributed by atoms with Crippen molar-refractivity contribution < 1.29 is 4.74 Å². The van der Waals surface area contributed by atoms with Gasteiger partial charge in [0.15, 0.2) is 0 Å². The van der Waals surface area contributed by atoms with Gasteiger partial charge in [0.25, 0.3) is 0 Å². The van der Waals surface area contributed by atoms with Gasteiger partial charge in [-0.1, -0.05) is 12.1 Å². The van der Waals surface area contributed by atoms with E-state index in [9.17, 15) is 0 Å². The van der Waals surface area contributed by atoms with Crippen LogP contribution in [0.15, 0.2) is 48.9 Å². The van der Waals surface area contributed by atoms with E-state index in [0.717, 1.165) is 41.9 Å². The molecule has 23 heavy (non-hydrogen) atoms. The summed E-state index contributed by atoms with van der Waals surface area (Å²) < 4.78 is 6.07. The first-order valence-electron chi connectivity index (χ1n) is 7.90. The maximum absolute atomic E-state index is 6.07. The van der Waals surface area contributed by atoms with E-state index >= 15 is 0 Å². The second-order valence-corrected chi connectivity index (χ2v) is 5.77. The van der Waals surface area contributed by atoms with Gasteiger partial charge in [-0.3, -0.25) is 15.1 Å². The fourth-order valence-electron chi connectivity index (χ4n) is 2.96. The summed E-state index contributed by atoms with van der Waals surface area (Å²) in [6.07, 6.45) is 8.93. The molecule has 3 aromatic heterocycles. The first-order chi connectivity index (χ1) is 11.4. The van der Waals surface area contributed by atoms with E-state index in [-0.39, 0.29) is 6.10 Å². The quantitative estimate of drug-likeness (QED) is 0.801. The summed E-state index contributed by atoms with van der Waals surface area (Å²) in [4.78, 5) is 8.80. The Bertz CT molecular complexity index is 767. The Labute approximate surface area is 134 Å². The molecule has 0 spiro atoms. The zero-order valence-corrected chi connectivity index (χ0v) is 12.8. The molecular weight excluding hydrogens is 288 g/mol. The monoisotopic (exact) mass is 306 g/mol. The Morgan fingerprint density at radius 1 is 1.09 bits per heavy atom.